The largest absolute Gasteiger partial charge is 0.462 e. The van der Waals surface area contributed by atoms with Crippen molar-refractivity contribution in [2.75, 3.05) is 20.3 Å². The van der Waals surface area contributed by atoms with E-state index in [4.69, 9.17) is 37.9 Å². The van der Waals surface area contributed by atoms with E-state index in [0.29, 0.717) is 25.9 Å². The van der Waals surface area contributed by atoms with Crippen molar-refractivity contribution in [2.24, 2.45) is 0 Å². The van der Waals surface area contributed by atoms with Crippen LogP contribution in [0.1, 0.15) is 79.1 Å². The van der Waals surface area contributed by atoms with Gasteiger partial charge in [0, 0.05) is 26.4 Å². The molecule has 6 atom stereocenters. The highest BCUT2D eigenvalue weighted by atomic mass is 16.8. The van der Waals surface area contributed by atoms with Crippen molar-refractivity contribution in [1.82, 2.24) is 0 Å². The SMILES string of the molecule is COC1CCC(OC(=O)CCC2(C)OCC(C3OC(C)(CCC=O)OC3C3COC(C)(C)O3)O2)CC1. The van der Waals surface area contributed by atoms with Crippen molar-refractivity contribution in [2.45, 2.75) is 133 Å². The van der Waals surface area contributed by atoms with Crippen LogP contribution in [0.5, 0.6) is 0 Å². The number of esters is 1. The molecule has 1 aliphatic carbocycles. The number of carbonyl (C=O) groups excluding carboxylic acids is 2. The van der Waals surface area contributed by atoms with E-state index in [2.05, 4.69) is 0 Å². The lowest BCUT2D eigenvalue weighted by molar-refractivity contribution is -0.195. The van der Waals surface area contributed by atoms with Gasteiger partial charge in [-0.2, -0.15) is 0 Å². The van der Waals surface area contributed by atoms with Crippen LogP contribution in [0.4, 0.5) is 0 Å². The molecule has 206 valence electrons. The van der Waals surface area contributed by atoms with E-state index in [9.17, 15) is 9.59 Å². The second-order valence-corrected chi connectivity index (χ2v) is 11.1. The molecule has 0 aromatic rings. The normalized spacial score (nSPS) is 42.5. The lowest BCUT2D eigenvalue weighted by atomic mass is 9.95. The number of aldehydes is 1. The van der Waals surface area contributed by atoms with Gasteiger partial charge >= 0.3 is 5.97 Å². The zero-order valence-corrected chi connectivity index (χ0v) is 22.2. The number of rotatable bonds is 10. The van der Waals surface area contributed by atoms with Crippen LogP contribution in [0.3, 0.4) is 0 Å². The maximum absolute atomic E-state index is 12.5. The number of ether oxygens (including phenoxy) is 8. The molecule has 0 radical (unpaired) electrons. The maximum Gasteiger partial charge on any atom is 0.306 e. The average molecular weight is 515 g/mol. The highest BCUT2D eigenvalue weighted by molar-refractivity contribution is 5.69. The molecule has 4 fully saturated rings. The predicted molar refractivity (Wildman–Crippen MR) is 126 cm³/mol. The Hall–Kier alpha value is -1.14. The Morgan fingerprint density at radius 3 is 2.03 bits per heavy atom. The van der Waals surface area contributed by atoms with E-state index in [1.54, 1.807) is 7.11 Å². The molecule has 10 heteroatoms. The van der Waals surface area contributed by atoms with E-state index >= 15 is 0 Å². The molecule has 1 saturated carbocycles. The highest BCUT2D eigenvalue weighted by Crippen LogP contribution is 2.42. The topological polar surface area (TPSA) is 108 Å². The van der Waals surface area contributed by atoms with Gasteiger partial charge in [-0.05, 0) is 53.4 Å². The van der Waals surface area contributed by atoms with E-state index in [1.807, 2.05) is 27.7 Å². The molecule has 0 aromatic carbocycles. The molecular formula is C26H42O10. The molecule has 4 rings (SSSR count). The van der Waals surface area contributed by atoms with E-state index < -0.39 is 35.7 Å². The summed E-state index contributed by atoms with van der Waals surface area (Å²) in [6, 6.07) is 0. The molecule has 0 amide bonds. The first-order valence-corrected chi connectivity index (χ1v) is 13.2. The molecule has 3 heterocycles. The van der Waals surface area contributed by atoms with Crippen molar-refractivity contribution in [3.63, 3.8) is 0 Å². The summed E-state index contributed by atoms with van der Waals surface area (Å²) in [7, 11) is 1.72. The minimum Gasteiger partial charge on any atom is -0.462 e. The van der Waals surface area contributed by atoms with Gasteiger partial charge in [0.1, 0.15) is 36.8 Å². The molecule has 4 aliphatic rings. The first-order valence-electron chi connectivity index (χ1n) is 13.2. The van der Waals surface area contributed by atoms with Gasteiger partial charge in [0.25, 0.3) is 0 Å². The minimum absolute atomic E-state index is 0.0541. The van der Waals surface area contributed by atoms with Crippen molar-refractivity contribution in [1.29, 1.82) is 0 Å². The summed E-state index contributed by atoms with van der Waals surface area (Å²) in [5, 5.41) is 0. The summed E-state index contributed by atoms with van der Waals surface area (Å²) < 4.78 is 47.9. The molecule has 6 unspecified atom stereocenters. The Kier molecular flexibility index (Phi) is 8.76. The lowest BCUT2D eigenvalue weighted by Crippen LogP contribution is -2.45. The highest BCUT2D eigenvalue weighted by Gasteiger charge is 2.56. The van der Waals surface area contributed by atoms with E-state index in [1.165, 1.54) is 0 Å². The zero-order valence-electron chi connectivity index (χ0n) is 22.2. The van der Waals surface area contributed by atoms with Crippen molar-refractivity contribution in [3.05, 3.63) is 0 Å². The smallest absolute Gasteiger partial charge is 0.306 e. The summed E-state index contributed by atoms with van der Waals surface area (Å²) >= 11 is 0. The van der Waals surface area contributed by atoms with Gasteiger partial charge in [0.2, 0.25) is 0 Å². The van der Waals surface area contributed by atoms with Crippen LogP contribution in [0, 0.1) is 0 Å². The van der Waals surface area contributed by atoms with Crippen LogP contribution in [0.2, 0.25) is 0 Å². The monoisotopic (exact) mass is 514 g/mol. The fourth-order valence-electron chi connectivity index (χ4n) is 5.53. The second-order valence-electron chi connectivity index (χ2n) is 11.1. The third-order valence-corrected chi connectivity index (χ3v) is 7.56. The maximum atomic E-state index is 12.5. The molecule has 0 spiro atoms. The van der Waals surface area contributed by atoms with Gasteiger partial charge in [0.05, 0.1) is 25.7 Å². The lowest BCUT2D eigenvalue weighted by Gasteiger charge is -2.29. The minimum atomic E-state index is -0.945. The predicted octanol–water partition coefficient (Wildman–Crippen LogP) is 3.03. The van der Waals surface area contributed by atoms with Gasteiger partial charge in [-0.25, -0.2) is 0 Å². The summed E-state index contributed by atoms with van der Waals surface area (Å²) in [4.78, 5) is 23.5. The standard InChI is InChI=1S/C26H42O10/c1-24(2)30-15-19(33-24)22-23(36-26(4,35-22)12-6-14-27)20-16-31-25(3,34-20)13-11-21(28)32-18-9-7-17(29-5)8-10-18/h14,17-20,22-23H,6-13,15-16H2,1-5H3. The molecule has 0 N–H and O–H groups in total. The molecule has 3 aliphatic heterocycles. The van der Waals surface area contributed by atoms with Gasteiger partial charge < -0.3 is 42.7 Å². The number of hydrogen-bond donors (Lipinski definition) is 0. The average Bonchev–Trinajstić information content (AvgIpc) is 3.52. The van der Waals surface area contributed by atoms with Crippen LogP contribution in [0.15, 0.2) is 0 Å². The molecule has 36 heavy (non-hydrogen) atoms. The fourth-order valence-corrected chi connectivity index (χ4v) is 5.53. The van der Waals surface area contributed by atoms with Gasteiger partial charge in [-0.1, -0.05) is 0 Å². The molecule has 10 nitrogen and oxygen atoms in total. The Bertz CT molecular complexity index is 766. The number of carbonyl (C=O) groups is 2. The third-order valence-electron chi connectivity index (χ3n) is 7.56. The van der Waals surface area contributed by atoms with E-state index in [-0.39, 0.29) is 37.3 Å². The van der Waals surface area contributed by atoms with Crippen LogP contribution < -0.4 is 0 Å². The van der Waals surface area contributed by atoms with Crippen LogP contribution in [0.25, 0.3) is 0 Å². The number of methoxy groups -OCH3 is 1. The molecular weight excluding hydrogens is 472 g/mol. The van der Waals surface area contributed by atoms with Crippen LogP contribution in [-0.4, -0.2) is 86.6 Å². The number of hydrogen-bond acceptors (Lipinski definition) is 10. The summed E-state index contributed by atoms with van der Waals surface area (Å²) in [6.07, 6.45) is 4.12. The van der Waals surface area contributed by atoms with Crippen molar-refractivity contribution < 1.29 is 47.5 Å². The second kappa shape index (κ2) is 11.3. The Balaban J connectivity index is 1.32. The zero-order chi connectivity index (χ0) is 26.0. The molecule has 0 aromatic heterocycles. The Morgan fingerprint density at radius 1 is 0.833 bits per heavy atom. The fraction of sp³-hybridized carbons (Fsp3) is 0.923. The van der Waals surface area contributed by atoms with Crippen LogP contribution in [-0.2, 0) is 47.5 Å². The quantitative estimate of drug-likeness (QED) is 0.319. The van der Waals surface area contributed by atoms with Crippen molar-refractivity contribution >= 4 is 12.3 Å². The van der Waals surface area contributed by atoms with Gasteiger partial charge in [-0.15, -0.1) is 0 Å². The first-order chi connectivity index (χ1) is 17.0. The first kappa shape index (κ1) is 27.9. The third kappa shape index (κ3) is 6.83. The van der Waals surface area contributed by atoms with E-state index in [0.717, 1.165) is 32.0 Å². The molecule has 3 saturated heterocycles. The summed E-state index contributed by atoms with van der Waals surface area (Å²) in [6.45, 7) is 8.03. The molecule has 0 bridgehead atoms. The summed E-state index contributed by atoms with van der Waals surface area (Å²) in [5.41, 5.74) is 0. The van der Waals surface area contributed by atoms with Crippen LogP contribution >= 0.6 is 0 Å². The Morgan fingerprint density at radius 2 is 1.44 bits per heavy atom. The van der Waals surface area contributed by atoms with Crippen molar-refractivity contribution in [3.8, 4) is 0 Å². The summed E-state index contributed by atoms with van der Waals surface area (Å²) in [5.74, 6) is -2.85. The van der Waals surface area contributed by atoms with Gasteiger partial charge in [0.15, 0.2) is 17.4 Å². The van der Waals surface area contributed by atoms with Gasteiger partial charge in [-0.3, -0.25) is 4.79 Å². The Labute approximate surface area is 213 Å².